The molecule has 0 aliphatic heterocycles. The lowest BCUT2D eigenvalue weighted by Crippen LogP contribution is -2.19. The van der Waals surface area contributed by atoms with Crippen LogP contribution >= 0.6 is 0 Å². The van der Waals surface area contributed by atoms with Gasteiger partial charge in [-0.25, -0.2) is 0 Å². The fourth-order valence-corrected chi connectivity index (χ4v) is 2.23. The molecule has 1 atom stereocenters. The Kier molecular flexibility index (Phi) is 4.80. The number of rotatable bonds is 6. The van der Waals surface area contributed by atoms with Gasteiger partial charge < -0.3 is 9.73 Å². The van der Waals surface area contributed by atoms with Gasteiger partial charge in [-0.15, -0.1) is 0 Å². The average molecular weight is 257 g/mol. The molecule has 2 rings (SSSR count). The number of nitrogens with one attached hydrogen (secondary N) is 1. The van der Waals surface area contributed by atoms with Gasteiger partial charge in [0.1, 0.15) is 11.5 Å². The van der Waals surface area contributed by atoms with Gasteiger partial charge in [0.2, 0.25) is 0 Å². The third-order valence-electron chi connectivity index (χ3n) is 3.48. The standard InChI is InChI=1S/C17H23NO/c1-4-15-10-11-16(19-15)12-18-17(5-2)14-8-6-13(3)7-9-14/h6-11,17-18H,4-5,12H2,1-3H3. The summed E-state index contributed by atoms with van der Waals surface area (Å²) in [7, 11) is 0. The van der Waals surface area contributed by atoms with Gasteiger partial charge in [-0.3, -0.25) is 0 Å². The van der Waals surface area contributed by atoms with E-state index in [2.05, 4.69) is 62.5 Å². The maximum Gasteiger partial charge on any atom is 0.117 e. The molecule has 1 N–H and O–H groups in total. The molecule has 0 fully saturated rings. The van der Waals surface area contributed by atoms with Gasteiger partial charge in [0.05, 0.1) is 6.54 Å². The second kappa shape index (κ2) is 6.58. The lowest BCUT2D eigenvalue weighted by atomic mass is 10.0. The highest BCUT2D eigenvalue weighted by Crippen LogP contribution is 2.18. The Hall–Kier alpha value is -1.54. The molecule has 0 radical (unpaired) electrons. The zero-order chi connectivity index (χ0) is 13.7. The fraction of sp³-hybridized carbons (Fsp3) is 0.412. The highest BCUT2D eigenvalue weighted by atomic mass is 16.3. The molecular formula is C17H23NO. The number of hydrogen-bond acceptors (Lipinski definition) is 2. The third kappa shape index (κ3) is 3.71. The Labute approximate surface area is 115 Å². The zero-order valence-electron chi connectivity index (χ0n) is 12.1. The number of furan rings is 1. The Bertz CT molecular complexity index is 498. The Morgan fingerprint density at radius 1 is 1.00 bits per heavy atom. The quantitative estimate of drug-likeness (QED) is 0.830. The van der Waals surface area contributed by atoms with Crippen LogP contribution in [0.5, 0.6) is 0 Å². The van der Waals surface area contributed by atoms with Crippen LogP contribution in [0, 0.1) is 6.92 Å². The van der Waals surface area contributed by atoms with E-state index in [-0.39, 0.29) is 0 Å². The molecule has 0 bridgehead atoms. The molecule has 19 heavy (non-hydrogen) atoms. The van der Waals surface area contributed by atoms with Crippen LogP contribution in [0.2, 0.25) is 0 Å². The van der Waals surface area contributed by atoms with Crippen LogP contribution in [-0.4, -0.2) is 0 Å². The lowest BCUT2D eigenvalue weighted by molar-refractivity contribution is 0.423. The monoisotopic (exact) mass is 257 g/mol. The van der Waals surface area contributed by atoms with Gasteiger partial charge in [0.25, 0.3) is 0 Å². The molecule has 102 valence electrons. The second-order valence-corrected chi connectivity index (χ2v) is 4.97. The number of benzene rings is 1. The van der Waals surface area contributed by atoms with Gasteiger partial charge in [0, 0.05) is 12.5 Å². The minimum Gasteiger partial charge on any atom is -0.465 e. The van der Waals surface area contributed by atoms with Gasteiger partial charge in [-0.05, 0) is 31.0 Å². The predicted octanol–water partition coefficient (Wildman–Crippen LogP) is 4.39. The summed E-state index contributed by atoms with van der Waals surface area (Å²) in [6.07, 6.45) is 2.03. The first-order valence-electron chi connectivity index (χ1n) is 7.10. The summed E-state index contributed by atoms with van der Waals surface area (Å²) >= 11 is 0. The van der Waals surface area contributed by atoms with Crippen molar-refractivity contribution in [3.8, 4) is 0 Å². The largest absolute Gasteiger partial charge is 0.465 e. The summed E-state index contributed by atoms with van der Waals surface area (Å²) < 4.78 is 5.72. The highest BCUT2D eigenvalue weighted by molar-refractivity contribution is 5.24. The number of aryl methyl sites for hydroxylation is 2. The van der Waals surface area contributed by atoms with Crippen molar-refractivity contribution >= 4 is 0 Å². The molecule has 1 aromatic heterocycles. The minimum absolute atomic E-state index is 0.385. The van der Waals surface area contributed by atoms with Crippen molar-refractivity contribution in [3.05, 3.63) is 59.0 Å². The molecule has 1 aromatic carbocycles. The molecule has 0 aliphatic rings. The smallest absolute Gasteiger partial charge is 0.117 e. The van der Waals surface area contributed by atoms with Crippen LogP contribution in [0.4, 0.5) is 0 Å². The summed E-state index contributed by atoms with van der Waals surface area (Å²) in [5.74, 6) is 2.07. The van der Waals surface area contributed by atoms with E-state index in [9.17, 15) is 0 Å². The van der Waals surface area contributed by atoms with E-state index in [1.807, 2.05) is 0 Å². The Balaban J connectivity index is 1.97. The van der Waals surface area contributed by atoms with Crippen molar-refractivity contribution in [2.45, 2.75) is 46.2 Å². The molecule has 0 saturated carbocycles. The van der Waals surface area contributed by atoms with Crippen molar-refractivity contribution in [3.63, 3.8) is 0 Å². The van der Waals surface area contributed by atoms with E-state index < -0.39 is 0 Å². The van der Waals surface area contributed by atoms with Crippen molar-refractivity contribution in [1.82, 2.24) is 5.32 Å². The summed E-state index contributed by atoms with van der Waals surface area (Å²) in [4.78, 5) is 0. The SMILES string of the molecule is CCc1ccc(CNC(CC)c2ccc(C)cc2)o1. The molecule has 0 spiro atoms. The maximum absolute atomic E-state index is 5.72. The van der Waals surface area contributed by atoms with Gasteiger partial charge in [0.15, 0.2) is 0 Å². The van der Waals surface area contributed by atoms with E-state index >= 15 is 0 Å². The van der Waals surface area contributed by atoms with Crippen LogP contribution < -0.4 is 5.32 Å². The molecule has 0 amide bonds. The molecule has 0 saturated heterocycles. The van der Waals surface area contributed by atoms with E-state index in [0.717, 1.165) is 30.9 Å². The highest BCUT2D eigenvalue weighted by Gasteiger charge is 2.09. The van der Waals surface area contributed by atoms with Gasteiger partial charge in [-0.2, -0.15) is 0 Å². The van der Waals surface area contributed by atoms with E-state index in [0.29, 0.717) is 6.04 Å². The fourth-order valence-electron chi connectivity index (χ4n) is 2.23. The maximum atomic E-state index is 5.72. The van der Waals surface area contributed by atoms with Crippen LogP contribution in [-0.2, 0) is 13.0 Å². The van der Waals surface area contributed by atoms with E-state index in [4.69, 9.17) is 4.42 Å². The predicted molar refractivity (Wildman–Crippen MR) is 79.1 cm³/mol. The first-order valence-corrected chi connectivity index (χ1v) is 7.10. The summed E-state index contributed by atoms with van der Waals surface area (Å²) in [5.41, 5.74) is 2.65. The Morgan fingerprint density at radius 3 is 2.26 bits per heavy atom. The minimum atomic E-state index is 0.385. The van der Waals surface area contributed by atoms with Gasteiger partial charge >= 0.3 is 0 Å². The first-order chi connectivity index (χ1) is 9.22. The second-order valence-electron chi connectivity index (χ2n) is 4.97. The summed E-state index contributed by atoms with van der Waals surface area (Å²) in [5, 5.41) is 3.57. The number of hydrogen-bond donors (Lipinski definition) is 1. The summed E-state index contributed by atoms with van der Waals surface area (Å²) in [6, 6.07) is 13.3. The summed E-state index contributed by atoms with van der Waals surface area (Å²) in [6.45, 7) is 7.22. The topological polar surface area (TPSA) is 25.2 Å². The van der Waals surface area contributed by atoms with Crippen LogP contribution in [0.3, 0.4) is 0 Å². The van der Waals surface area contributed by atoms with Crippen molar-refractivity contribution in [2.75, 3.05) is 0 Å². The lowest BCUT2D eigenvalue weighted by Gasteiger charge is -2.17. The molecule has 2 aromatic rings. The van der Waals surface area contributed by atoms with Crippen LogP contribution in [0.25, 0.3) is 0 Å². The molecule has 1 unspecified atom stereocenters. The van der Waals surface area contributed by atoms with Crippen LogP contribution in [0.15, 0.2) is 40.8 Å². The zero-order valence-corrected chi connectivity index (χ0v) is 12.1. The molecule has 0 aliphatic carbocycles. The average Bonchev–Trinajstić information content (AvgIpc) is 2.89. The third-order valence-corrected chi connectivity index (χ3v) is 3.48. The van der Waals surface area contributed by atoms with Crippen molar-refractivity contribution in [1.29, 1.82) is 0 Å². The molecular weight excluding hydrogens is 234 g/mol. The van der Waals surface area contributed by atoms with Crippen LogP contribution in [0.1, 0.15) is 49.0 Å². The van der Waals surface area contributed by atoms with Crippen molar-refractivity contribution in [2.24, 2.45) is 0 Å². The van der Waals surface area contributed by atoms with E-state index in [1.165, 1.54) is 11.1 Å². The van der Waals surface area contributed by atoms with Gasteiger partial charge in [-0.1, -0.05) is 43.7 Å². The Morgan fingerprint density at radius 2 is 1.68 bits per heavy atom. The van der Waals surface area contributed by atoms with E-state index in [1.54, 1.807) is 0 Å². The first kappa shape index (κ1) is 13.9. The van der Waals surface area contributed by atoms with Crippen molar-refractivity contribution < 1.29 is 4.42 Å². The molecule has 1 heterocycles. The molecule has 2 nitrogen and oxygen atoms in total. The normalized spacial score (nSPS) is 12.6. The molecule has 2 heteroatoms.